The van der Waals surface area contributed by atoms with E-state index in [1.807, 2.05) is 21.6 Å². The van der Waals surface area contributed by atoms with Crippen molar-refractivity contribution in [2.75, 3.05) is 0 Å². The molecule has 74 valence electrons. The maximum absolute atomic E-state index is 8.60. The first-order valence-corrected chi connectivity index (χ1v) is 7.20. The zero-order chi connectivity index (χ0) is 9.97. The largest absolute Gasteiger partial charge is 0.198 e. The predicted octanol–water partition coefficient (Wildman–Crippen LogP) is 2.97. The summed E-state index contributed by atoms with van der Waals surface area (Å²) in [5, 5.41) is 18.6. The number of hydrogen-bond acceptors (Lipinski definition) is 4. The Kier molecular flexibility index (Phi) is 3.26. The minimum absolute atomic E-state index is 0.321. The summed E-state index contributed by atoms with van der Waals surface area (Å²) in [6, 6.07) is 4.60. The maximum atomic E-state index is 8.60. The fraction of sp³-hybridized carbons (Fsp3) is 0.800. The Morgan fingerprint density at radius 1 is 0.786 bits per heavy atom. The van der Waals surface area contributed by atoms with Crippen LogP contribution in [0.1, 0.15) is 25.7 Å². The van der Waals surface area contributed by atoms with Crippen LogP contribution in [-0.2, 0) is 0 Å². The zero-order valence-corrected chi connectivity index (χ0v) is 9.48. The van der Waals surface area contributed by atoms with Gasteiger partial charge in [-0.25, -0.2) is 0 Å². The molecule has 0 atom stereocenters. The van der Waals surface area contributed by atoms with Crippen LogP contribution >= 0.6 is 21.6 Å². The average molecular weight is 224 g/mol. The van der Waals surface area contributed by atoms with Crippen molar-refractivity contribution < 1.29 is 0 Å². The zero-order valence-electron chi connectivity index (χ0n) is 7.85. The van der Waals surface area contributed by atoms with E-state index in [1.165, 1.54) is 0 Å². The summed E-state index contributed by atoms with van der Waals surface area (Å²) >= 11 is 0. The van der Waals surface area contributed by atoms with Crippen molar-refractivity contribution in [3.8, 4) is 12.1 Å². The van der Waals surface area contributed by atoms with Crippen LogP contribution in [0.15, 0.2) is 0 Å². The van der Waals surface area contributed by atoms with Gasteiger partial charge in [0.15, 0.2) is 0 Å². The first kappa shape index (κ1) is 10.2. The molecular weight excluding hydrogens is 212 g/mol. The minimum Gasteiger partial charge on any atom is -0.198 e. The first-order valence-electron chi connectivity index (χ1n) is 4.93. The molecule has 2 aliphatic rings. The van der Waals surface area contributed by atoms with Gasteiger partial charge in [-0.05, 0) is 25.7 Å². The molecule has 0 N–H and O–H groups in total. The molecule has 0 spiro atoms. The molecule has 4 heteroatoms. The second kappa shape index (κ2) is 4.47. The fourth-order valence-corrected chi connectivity index (χ4v) is 5.10. The van der Waals surface area contributed by atoms with Crippen molar-refractivity contribution in [1.29, 1.82) is 10.5 Å². The van der Waals surface area contributed by atoms with Gasteiger partial charge in [-0.2, -0.15) is 10.5 Å². The van der Waals surface area contributed by atoms with E-state index < -0.39 is 0 Å². The molecule has 0 bridgehead atoms. The molecule has 0 aromatic carbocycles. The molecule has 0 aromatic heterocycles. The molecule has 0 amide bonds. The molecule has 2 saturated carbocycles. The van der Waals surface area contributed by atoms with E-state index in [1.54, 1.807) is 0 Å². The van der Waals surface area contributed by atoms with Crippen LogP contribution in [0.4, 0.5) is 0 Å². The van der Waals surface area contributed by atoms with Gasteiger partial charge < -0.3 is 0 Å². The summed E-state index contributed by atoms with van der Waals surface area (Å²) in [7, 11) is 3.87. The third-order valence-corrected chi connectivity index (χ3v) is 6.27. The molecule has 0 unspecified atom stereocenters. The van der Waals surface area contributed by atoms with Gasteiger partial charge in [-0.15, -0.1) is 0 Å². The van der Waals surface area contributed by atoms with Crippen LogP contribution in [0, 0.1) is 34.5 Å². The summed E-state index contributed by atoms with van der Waals surface area (Å²) in [4.78, 5) is 0. The van der Waals surface area contributed by atoms with Crippen LogP contribution in [0.3, 0.4) is 0 Å². The van der Waals surface area contributed by atoms with Crippen molar-refractivity contribution >= 4 is 21.6 Å². The van der Waals surface area contributed by atoms with Gasteiger partial charge in [0.1, 0.15) is 0 Å². The fourth-order valence-electron chi connectivity index (χ4n) is 1.66. The van der Waals surface area contributed by atoms with E-state index in [-0.39, 0.29) is 0 Å². The van der Waals surface area contributed by atoms with Crippen molar-refractivity contribution in [2.45, 2.75) is 36.2 Å². The quantitative estimate of drug-likeness (QED) is 0.691. The molecule has 2 rings (SSSR count). The highest BCUT2D eigenvalue weighted by atomic mass is 33.1. The smallest absolute Gasteiger partial charge is 0.0656 e. The van der Waals surface area contributed by atoms with Gasteiger partial charge in [0.2, 0.25) is 0 Å². The molecular formula is C10H12N2S2. The molecule has 14 heavy (non-hydrogen) atoms. The van der Waals surface area contributed by atoms with E-state index in [0.717, 1.165) is 25.7 Å². The topological polar surface area (TPSA) is 47.6 Å². The lowest BCUT2D eigenvalue weighted by Crippen LogP contribution is -2.27. The van der Waals surface area contributed by atoms with Gasteiger partial charge in [0.25, 0.3) is 0 Å². The molecule has 0 heterocycles. The Morgan fingerprint density at radius 3 is 1.43 bits per heavy atom. The Labute approximate surface area is 92.4 Å². The van der Waals surface area contributed by atoms with E-state index >= 15 is 0 Å². The number of nitriles is 2. The summed E-state index contributed by atoms with van der Waals surface area (Å²) in [5.41, 5.74) is 0. The highest BCUT2D eigenvalue weighted by Gasteiger charge is 2.34. The third kappa shape index (κ3) is 2.19. The third-order valence-electron chi connectivity index (χ3n) is 2.88. The summed E-state index contributed by atoms with van der Waals surface area (Å²) < 4.78 is 0. The number of nitrogens with zero attached hydrogens (tertiary/aromatic N) is 2. The molecule has 0 aromatic rings. The van der Waals surface area contributed by atoms with Gasteiger partial charge in [-0.3, -0.25) is 0 Å². The summed E-state index contributed by atoms with van der Waals surface area (Å²) in [6.07, 6.45) is 4.29. The van der Waals surface area contributed by atoms with Gasteiger partial charge in [-0.1, -0.05) is 21.6 Å². The van der Waals surface area contributed by atoms with E-state index in [2.05, 4.69) is 12.1 Å². The van der Waals surface area contributed by atoms with Gasteiger partial charge in [0, 0.05) is 22.3 Å². The molecule has 2 fully saturated rings. The Hall–Kier alpha value is -0.320. The predicted molar refractivity (Wildman–Crippen MR) is 59.4 cm³/mol. The standard InChI is InChI=1S/C10H12N2S2/c11-5-7-1-9(2-7)13-14-10-3-8(4-10)6-12/h7-10H,1-4H2. The van der Waals surface area contributed by atoms with Crippen LogP contribution in [-0.4, -0.2) is 10.5 Å². The SMILES string of the molecule is N#CC1CC(SSC2CC(C#N)C2)C1. The molecule has 0 saturated heterocycles. The number of hydrogen-bond donors (Lipinski definition) is 0. The normalized spacial score (nSPS) is 40.1. The number of rotatable bonds is 3. The molecule has 2 nitrogen and oxygen atoms in total. The first-order chi connectivity index (χ1) is 6.81. The molecule has 2 aliphatic carbocycles. The maximum Gasteiger partial charge on any atom is 0.0656 e. The van der Waals surface area contributed by atoms with Crippen LogP contribution < -0.4 is 0 Å². The second-order valence-electron chi connectivity index (χ2n) is 4.03. The van der Waals surface area contributed by atoms with Crippen molar-refractivity contribution in [2.24, 2.45) is 11.8 Å². The Morgan fingerprint density at radius 2 is 1.14 bits per heavy atom. The lowest BCUT2D eigenvalue weighted by Gasteiger charge is -2.34. The summed E-state index contributed by atoms with van der Waals surface area (Å²) in [6.45, 7) is 0. The monoisotopic (exact) mass is 224 g/mol. The van der Waals surface area contributed by atoms with E-state index in [9.17, 15) is 0 Å². The Balaban J connectivity index is 1.54. The highest BCUT2D eigenvalue weighted by molar-refractivity contribution is 8.77. The van der Waals surface area contributed by atoms with Crippen LogP contribution in [0.5, 0.6) is 0 Å². The molecule has 0 aliphatic heterocycles. The Bertz CT molecular complexity index is 249. The van der Waals surface area contributed by atoms with Gasteiger partial charge in [0.05, 0.1) is 12.1 Å². The summed E-state index contributed by atoms with van der Waals surface area (Å²) in [5.74, 6) is 0.641. The van der Waals surface area contributed by atoms with Gasteiger partial charge >= 0.3 is 0 Å². The highest BCUT2D eigenvalue weighted by Crippen LogP contribution is 2.48. The van der Waals surface area contributed by atoms with Crippen molar-refractivity contribution in [3.05, 3.63) is 0 Å². The van der Waals surface area contributed by atoms with E-state index in [0.29, 0.717) is 22.3 Å². The minimum atomic E-state index is 0.321. The van der Waals surface area contributed by atoms with Crippen LogP contribution in [0.25, 0.3) is 0 Å². The van der Waals surface area contributed by atoms with Crippen molar-refractivity contribution in [1.82, 2.24) is 0 Å². The second-order valence-corrected chi connectivity index (χ2v) is 6.90. The lowest BCUT2D eigenvalue weighted by molar-refractivity contribution is 0.411. The van der Waals surface area contributed by atoms with Crippen molar-refractivity contribution in [3.63, 3.8) is 0 Å². The van der Waals surface area contributed by atoms with E-state index in [4.69, 9.17) is 10.5 Å². The average Bonchev–Trinajstić information content (AvgIpc) is 2.05. The van der Waals surface area contributed by atoms with Crippen LogP contribution in [0.2, 0.25) is 0 Å². The molecule has 0 radical (unpaired) electrons. The lowest BCUT2D eigenvalue weighted by atomic mass is 9.86.